The third kappa shape index (κ3) is 18.0. The van der Waals surface area contributed by atoms with Gasteiger partial charge in [0.15, 0.2) is 0 Å². The van der Waals surface area contributed by atoms with Gasteiger partial charge in [-0.25, -0.2) is 0 Å². The Morgan fingerprint density at radius 3 is 1.36 bits per heavy atom. The van der Waals surface area contributed by atoms with Gasteiger partial charge < -0.3 is 60.9 Å². The van der Waals surface area contributed by atoms with Gasteiger partial charge in [-0.05, 0) is 50.7 Å². The highest BCUT2D eigenvalue weighted by Gasteiger charge is 2.33. The van der Waals surface area contributed by atoms with Gasteiger partial charge in [-0.3, -0.25) is 43.7 Å². The van der Waals surface area contributed by atoms with E-state index in [0.717, 1.165) is 6.29 Å². The molecule has 61 heavy (non-hydrogen) atoms. The molecule has 1 aromatic heterocycles. The zero-order chi connectivity index (χ0) is 45.2. The van der Waals surface area contributed by atoms with Crippen LogP contribution in [0.4, 0.5) is 0 Å². The van der Waals surface area contributed by atoms with Gasteiger partial charge in [0.05, 0.1) is 89.0 Å². The number of carbonyl (C=O) groups excluding carboxylic acids is 6. The number of methoxy groups -OCH3 is 2. The van der Waals surface area contributed by atoms with Gasteiger partial charge in [0.25, 0.3) is 0 Å². The van der Waals surface area contributed by atoms with Crippen LogP contribution in [0.25, 0.3) is 0 Å². The fourth-order valence-electron chi connectivity index (χ4n) is 6.91. The Labute approximate surface area is 356 Å². The van der Waals surface area contributed by atoms with E-state index in [9.17, 15) is 59.4 Å². The largest absolute Gasteiger partial charge is 0.468 e. The number of nitrogens with one attached hydrogen (secondary N) is 3. The molecule has 0 spiro atoms. The van der Waals surface area contributed by atoms with Crippen molar-refractivity contribution in [3.8, 4) is 0 Å². The van der Waals surface area contributed by atoms with Gasteiger partial charge in [0, 0.05) is 58.9 Å². The van der Waals surface area contributed by atoms with Gasteiger partial charge in [-0.2, -0.15) is 0 Å². The number of hydrogen-bond acceptors (Lipinski definition) is 18. The van der Waals surface area contributed by atoms with Crippen LogP contribution in [0.1, 0.15) is 49.9 Å². The molecule has 2 rings (SSSR count). The van der Waals surface area contributed by atoms with Gasteiger partial charge in [0.2, 0.25) is 17.7 Å². The number of amides is 3. The van der Waals surface area contributed by atoms with Crippen molar-refractivity contribution >= 4 is 35.9 Å². The normalized spacial score (nSPS) is 15.9. The third-order valence-corrected chi connectivity index (χ3v) is 10.7. The maximum Gasteiger partial charge on any atom is 0.323 e. The standard InChI is InChI=1S/C40H67N7O14/c1-60-39(58)34(10-5-13-42-37(56)29(23-50)24-51)45-15-17-46(33(27-54)9-4-12-41-36(55)28(21-48)22-49)19-31-7-3-8-32(44-31)20-47(18-16-45)35(40(59)61-2)11-6-14-43-38(57)30(25-52)26-53/h3,7-8,27-30,33-35,48-53H,4-6,9-26H2,1-2H3,(H,41,55)(H,42,56)(H,43,57). The molecule has 3 amide bonds. The Kier molecular flexibility index (Phi) is 26.0. The van der Waals surface area contributed by atoms with Crippen molar-refractivity contribution in [2.75, 3.05) is 99.7 Å². The lowest BCUT2D eigenvalue weighted by atomic mass is 10.1. The lowest BCUT2D eigenvalue weighted by molar-refractivity contribution is -0.150. The minimum absolute atomic E-state index is 0.134. The molecule has 1 aliphatic rings. The number of esters is 2. The summed E-state index contributed by atoms with van der Waals surface area (Å²) in [4.78, 5) is 87.3. The number of rotatable bonds is 27. The highest BCUT2D eigenvalue weighted by molar-refractivity contribution is 5.80. The molecule has 2 bridgehead atoms. The van der Waals surface area contributed by atoms with Gasteiger partial charge >= 0.3 is 11.9 Å². The number of carbonyl (C=O) groups is 6. The Balaban J connectivity index is 2.47. The molecule has 21 nitrogen and oxygen atoms in total. The predicted molar refractivity (Wildman–Crippen MR) is 218 cm³/mol. The number of aliphatic hydroxyl groups is 6. The van der Waals surface area contributed by atoms with Crippen molar-refractivity contribution in [2.45, 2.75) is 69.7 Å². The minimum atomic E-state index is -0.991. The van der Waals surface area contributed by atoms with Crippen molar-refractivity contribution in [3.63, 3.8) is 0 Å². The summed E-state index contributed by atoms with van der Waals surface area (Å²) < 4.78 is 10.5. The second kappa shape index (κ2) is 30.0. The van der Waals surface area contributed by atoms with Gasteiger partial charge in [-0.15, -0.1) is 0 Å². The fourth-order valence-corrected chi connectivity index (χ4v) is 6.91. The Morgan fingerprint density at radius 2 is 0.967 bits per heavy atom. The quantitative estimate of drug-likeness (QED) is 0.0232. The smallest absolute Gasteiger partial charge is 0.323 e. The van der Waals surface area contributed by atoms with Gasteiger partial charge in [-0.1, -0.05) is 6.07 Å². The van der Waals surface area contributed by atoms with Crippen molar-refractivity contribution < 1.29 is 68.9 Å². The Morgan fingerprint density at radius 1 is 0.607 bits per heavy atom. The molecule has 0 aliphatic carbocycles. The first kappa shape index (κ1) is 52.9. The van der Waals surface area contributed by atoms with E-state index in [0.29, 0.717) is 37.1 Å². The summed E-state index contributed by atoms with van der Waals surface area (Å²) in [5.41, 5.74) is 1.24. The molecular formula is C40H67N7O14. The highest BCUT2D eigenvalue weighted by atomic mass is 16.5. The molecule has 346 valence electrons. The van der Waals surface area contributed by atoms with Crippen molar-refractivity contribution in [2.24, 2.45) is 17.8 Å². The summed E-state index contributed by atoms with van der Waals surface area (Å²) in [5, 5.41) is 64.3. The number of hydrogen-bond donors (Lipinski definition) is 9. The average Bonchev–Trinajstić information content (AvgIpc) is 3.26. The average molecular weight is 870 g/mol. The molecule has 21 heteroatoms. The first-order chi connectivity index (χ1) is 29.4. The zero-order valence-corrected chi connectivity index (χ0v) is 35.4. The molecule has 3 unspecified atom stereocenters. The van der Waals surface area contributed by atoms with E-state index >= 15 is 0 Å². The van der Waals surface area contributed by atoms with Crippen LogP contribution in [0.2, 0.25) is 0 Å². The van der Waals surface area contributed by atoms with Gasteiger partial charge in [0.1, 0.15) is 18.4 Å². The van der Waals surface area contributed by atoms with Crippen LogP contribution in [-0.2, 0) is 51.3 Å². The second-order valence-electron chi connectivity index (χ2n) is 14.9. The van der Waals surface area contributed by atoms with Crippen LogP contribution >= 0.6 is 0 Å². The molecule has 0 fully saturated rings. The predicted octanol–water partition coefficient (Wildman–Crippen LogP) is -3.86. The summed E-state index contributed by atoms with van der Waals surface area (Å²) in [7, 11) is 2.53. The monoisotopic (exact) mass is 869 g/mol. The molecule has 0 radical (unpaired) electrons. The number of aliphatic hydroxyl groups excluding tert-OH is 6. The lowest BCUT2D eigenvalue weighted by Gasteiger charge is -2.37. The fraction of sp³-hybridized carbons (Fsp3) is 0.725. The first-order valence-electron chi connectivity index (χ1n) is 20.7. The van der Waals surface area contributed by atoms with E-state index < -0.39 is 105 Å². The maximum absolute atomic E-state index is 13.5. The molecule has 9 N–H and O–H groups in total. The molecule has 1 aromatic rings. The van der Waals surface area contributed by atoms with Crippen LogP contribution < -0.4 is 16.0 Å². The van der Waals surface area contributed by atoms with Crippen LogP contribution in [0.5, 0.6) is 0 Å². The van der Waals surface area contributed by atoms with Crippen LogP contribution in [0.3, 0.4) is 0 Å². The third-order valence-electron chi connectivity index (χ3n) is 10.7. The number of fused-ring (bicyclic) bond motifs is 2. The number of aldehydes is 1. The Bertz CT molecular complexity index is 1480. The summed E-state index contributed by atoms with van der Waals surface area (Å²) in [6, 6.07) is 3.15. The maximum atomic E-state index is 13.5. The van der Waals surface area contributed by atoms with Crippen LogP contribution in [0, 0.1) is 17.8 Å². The number of ether oxygens (including phenoxy) is 2. The highest BCUT2D eigenvalue weighted by Crippen LogP contribution is 2.19. The lowest BCUT2D eigenvalue weighted by Crippen LogP contribution is -2.52. The van der Waals surface area contributed by atoms with Crippen molar-refractivity contribution in [1.82, 2.24) is 35.6 Å². The summed E-state index contributed by atoms with van der Waals surface area (Å²) in [6.45, 7) is -1.33. The topological polar surface area (TPSA) is 301 Å². The summed E-state index contributed by atoms with van der Waals surface area (Å²) >= 11 is 0. The van der Waals surface area contributed by atoms with Crippen LogP contribution in [-0.4, -0.2) is 204 Å². The molecular weight excluding hydrogens is 802 g/mol. The van der Waals surface area contributed by atoms with E-state index in [1.807, 2.05) is 26.8 Å². The number of nitrogens with zero attached hydrogens (tertiary/aromatic N) is 4. The molecule has 1 aliphatic heterocycles. The first-order valence-corrected chi connectivity index (χ1v) is 20.7. The van der Waals surface area contributed by atoms with E-state index in [1.165, 1.54) is 14.2 Å². The second-order valence-corrected chi connectivity index (χ2v) is 14.9. The number of aromatic nitrogens is 1. The van der Waals surface area contributed by atoms with E-state index in [2.05, 4.69) is 16.0 Å². The van der Waals surface area contributed by atoms with E-state index in [-0.39, 0.29) is 71.7 Å². The molecule has 0 saturated heterocycles. The Hall–Kier alpha value is -4.19. The summed E-state index contributed by atoms with van der Waals surface area (Å²) in [6.07, 6.45) is 2.66. The van der Waals surface area contributed by atoms with E-state index in [1.54, 1.807) is 6.07 Å². The summed E-state index contributed by atoms with van der Waals surface area (Å²) in [5.74, 6) is -5.57. The minimum Gasteiger partial charge on any atom is -0.468 e. The van der Waals surface area contributed by atoms with Crippen molar-refractivity contribution in [3.05, 3.63) is 29.6 Å². The van der Waals surface area contributed by atoms with E-state index in [4.69, 9.17) is 14.5 Å². The zero-order valence-electron chi connectivity index (χ0n) is 35.4. The molecule has 3 atom stereocenters. The molecule has 0 aromatic carbocycles. The number of pyridine rings is 1. The molecule has 2 heterocycles. The van der Waals surface area contributed by atoms with Crippen LogP contribution in [0.15, 0.2) is 18.2 Å². The molecule has 0 saturated carbocycles. The van der Waals surface area contributed by atoms with Crippen molar-refractivity contribution in [1.29, 1.82) is 0 Å². The SMILES string of the molecule is COC(=O)C(CCCNC(=O)C(CO)CO)N1CCN(C(C=O)CCCNC(=O)C(CO)CO)Cc2cccc(n2)CN(C(CCCNC(=O)C(CO)CO)C(=O)OC)CC1.